The molecule has 1 aromatic carbocycles. The van der Waals surface area contributed by atoms with Gasteiger partial charge in [-0.15, -0.1) is 0 Å². The molecular formula is C15H21F2N3S. The molecule has 3 nitrogen and oxygen atoms in total. The maximum absolute atomic E-state index is 13.8. The van der Waals surface area contributed by atoms with Crippen LogP contribution < -0.4 is 0 Å². The number of fused-ring (bicyclic) bond motifs is 1. The largest absolute Gasteiger partial charge is 0.328 e. The highest BCUT2D eigenvalue weighted by Gasteiger charge is 2.15. The molecule has 0 bridgehead atoms. The molecule has 0 aliphatic heterocycles. The first-order valence-corrected chi connectivity index (χ1v) is 7.55. The minimum Gasteiger partial charge on any atom is -0.328 e. The van der Waals surface area contributed by atoms with Crippen LogP contribution in [0, 0.1) is 16.4 Å². The number of imidazole rings is 1. The second-order valence-corrected chi connectivity index (χ2v) is 6.18. The van der Waals surface area contributed by atoms with Crippen LogP contribution in [0.15, 0.2) is 12.1 Å². The number of aromatic amines is 1. The maximum atomic E-state index is 13.8. The van der Waals surface area contributed by atoms with Crippen molar-refractivity contribution in [2.75, 3.05) is 6.54 Å². The molecule has 1 aromatic heterocycles. The van der Waals surface area contributed by atoms with E-state index in [2.05, 4.69) is 37.6 Å². The number of H-pyrrole nitrogens is 1. The van der Waals surface area contributed by atoms with E-state index in [-0.39, 0.29) is 5.52 Å². The summed E-state index contributed by atoms with van der Waals surface area (Å²) < 4.78 is 29.4. The molecule has 1 N–H and O–H groups in total. The molecule has 1 heterocycles. The Bertz CT molecular complexity index is 680. The molecule has 0 saturated heterocycles. The normalized spacial score (nSPS) is 12.2. The van der Waals surface area contributed by atoms with Gasteiger partial charge in [0.05, 0.1) is 5.52 Å². The number of nitrogens with one attached hydrogen (secondary N) is 1. The molecule has 0 aliphatic rings. The Kier molecular flexibility index (Phi) is 4.78. The Morgan fingerprint density at radius 1 is 1.19 bits per heavy atom. The van der Waals surface area contributed by atoms with Gasteiger partial charge in [-0.1, -0.05) is 0 Å². The van der Waals surface area contributed by atoms with Crippen LogP contribution in [0.1, 0.15) is 27.7 Å². The van der Waals surface area contributed by atoms with Crippen molar-refractivity contribution in [2.45, 2.75) is 46.3 Å². The molecule has 0 atom stereocenters. The standard InChI is InChI=1S/C15H21F2N3S/c1-9(2)19(10(3)4)5-6-20-13-8-11(16)7-12(17)14(13)18-15(20)21/h7-10H,5-6H2,1-4H3,(H,18,21). The van der Waals surface area contributed by atoms with Crippen molar-refractivity contribution in [3.63, 3.8) is 0 Å². The maximum Gasteiger partial charge on any atom is 0.178 e. The highest BCUT2D eigenvalue weighted by molar-refractivity contribution is 7.71. The van der Waals surface area contributed by atoms with Crippen molar-refractivity contribution in [1.29, 1.82) is 0 Å². The number of aromatic nitrogens is 2. The minimum atomic E-state index is -0.612. The summed E-state index contributed by atoms with van der Waals surface area (Å²) in [5.74, 6) is -1.20. The lowest BCUT2D eigenvalue weighted by Crippen LogP contribution is -2.39. The summed E-state index contributed by atoms with van der Waals surface area (Å²) in [6.07, 6.45) is 0. The van der Waals surface area contributed by atoms with Crippen LogP contribution in [0.3, 0.4) is 0 Å². The first-order valence-electron chi connectivity index (χ1n) is 7.14. The van der Waals surface area contributed by atoms with Gasteiger partial charge in [0.1, 0.15) is 11.3 Å². The van der Waals surface area contributed by atoms with Gasteiger partial charge < -0.3 is 9.55 Å². The highest BCUT2D eigenvalue weighted by Crippen LogP contribution is 2.19. The molecule has 116 valence electrons. The second-order valence-electron chi connectivity index (χ2n) is 5.79. The predicted octanol–water partition coefficient (Wildman–Crippen LogP) is 4.10. The molecule has 2 rings (SSSR count). The summed E-state index contributed by atoms with van der Waals surface area (Å²) in [5, 5.41) is 0. The summed E-state index contributed by atoms with van der Waals surface area (Å²) in [4.78, 5) is 5.14. The van der Waals surface area contributed by atoms with Crippen molar-refractivity contribution in [2.24, 2.45) is 0 Å². The number of nitrogens with zero attached hydrogens (tertiary/aromatic N) is 2. The van der Waals surface area contributed by atoms with E-state index in [1.165, 1.54) is 6.07 Å². The van der Waals surface area contributed by atoms with Gasteiger partial charge in [-0.05, 0) is 46.0 Å². The summed E-state index contributed by atoms with van der Waals surface area (Å²) in [6, 6.07) is 2.99. The van der Waals surface area contributed by atoms with Gasteiger partial charge in [0.2, 0.25) is 0 Å². The fourth-order valence-electron chi connectivity index (χ4n) is 2.73. The number of hydrogen-bond donors (Lipinski definition) is 1. The van der Waals surface area contributed by atoms with Crippen LogP contribution in [-0.4, -0.2) is 33.1 Å². The van der Waals surface area contributed by atoms with E-state index in [9.17, 15) is 8.78 Å². The molecule has 2 aromatic rings. The third kappa shape index (κ3) is 3.32. The molecular weight excluding hydrogens is 292 g/mol. The van der Waals surface area contributed by atoms with Crippen molar-refractivity contribution in [3.05, 3.63) is 28.5 Å². The molecule has 0 aliphatic carbocycles. The van der Waals surface area contributed by atoms with Crippen LogP contribution in [0.4, 0.5) is 8.78 Å². The lowest BCUT2D eigenvalue weighted by molar-refractivity contribution is 0.168. The van der Waals surface area contributed by atoms with Crippen LogP contribution in [0.5, 0.6) is 0 Å². The van der Waals surface area contributed by atoms with Crippen LogP contribution >= 0.6 is 12.2 Å². The molecule has 0 amide bonds. The van der Waals surface area contributed by atoms with E-state index >= 15 is 0 Å². The monoisotopic (exact) mass is 313 g/mol. The Balaban J connectivity index is 2.34. The second kappa shape index (κ2) is 6.23. The number of rotatable bonds is 5. The summed E-state index contributed by atoms with van der Waals surface area (Å²) in [6.45, 7) is 9.90. The average Bonchev–Trinajstić information content (AvgIpc) is 2.66. The quantitative estimate of drug-likeness (QED) is 0.840. The number of halogens is 2. The van der Waals surface area contributed by atoms with E-state index in [1.54, 1.807) is 4.57 Å². The first kappa shape index (κ1) is 16.1. The van der Waals surface area contributed by atoms with Crippen molar-refractivity contribution in [1.82, 2.24) is 14.5 Å². The van der Waals surface area contributed by atoms with Crippen molar-refractivity contribution in [3.8, 4) is 0 Å². The van der Waals surface area contributed by atoms with Crippen LogP contribution in [0.2, 0.25) is 0 Å². The van der Waals surface area contributed by atoms with Crippen molar-refractivity contribution < 1.29 is 8.78 Å². The summed E-state index contributed by atoms with van der Waals surface area (Å²) >= 11 is 5.24. The lowest BCUT2D eigenvalue weighted by atomic mass is 10.2. The van der Waals surface area contributed by atoms with Gasteiger partial charge >= 0.3 is 0 Å². The van der Waals surface area contributed by atoms with Crippen molar-refractivity contribution >= 4 is 23.3 Å². The third-order valence-corrected chi connectivity index (χ3v) is 4.03. The summed E-state index contributed by atoms with van der Waals surface area (Å²) in [7, 11) is 0. The van der Waals surface area contributed by atoms with Gasteiger partial charge in [-0.2, -0.15) is 0 Å². The van der Waals surface area contributed by atoms with E-state index in [0.29, 0.717) is 28.9 Å². The minimum absolute atomic E-state index is 0.266. The number of hydrogen-bond acceptors (Lipinski definition) is 2. The molecule has 0 spiro atoms. The Hall–Kier alpha value is -1.27. The SMILES string of the molecule is CC(C)N(CCn1c(=S)[nH]c2c(F)cc(F)cc21)C(C)C. The molecule has 0 unspecified atom stereocenters. The third-order valence-electron chi connectivity index (χ3n) is 3.71. The van der Waals surface area contributed by atoms with E-state index in [4.69, 9.17) is 12.2 Å². The zero-order valence-electron chi connectivity index (χ0n) is 12.8. The zero-order chi connectivity index (χ0) is 15.7. The highest BCUT2D eigenvalue weighted by atomic mass is 32.1. The Morgan fingerprint density at radius 3 is 2.38 bits per heavy atom. The molecule has 0 radical (unpaired) electrons. The van der Waals surface area contributed by atoms with Gasteiger partial charge in [0.25, 0.3) is 0 Å². The summed E-state index contributed by atoms with van der Waals surface area (Å²) in [5.41, 5.74) is 0.743. The van der Waals surface area contributed by atoms with E-state index in [1.807, 2.05) is 0 Å². The lowest BCUT2D eigenvalue weighted by Gasteiger charge is -2.30. The molecule has 6 heteroatoms. The van der Waals surface area contributed by atoms with Crippen LogP contribution in [0.25, 0.3) is 11.0 Å². The molecule has 21 heavy (non-hydrogen) atoms. The van der Waals surface area contributed by atoms with Gasteiger partial charge in [-0.25, -0.2) is 8.78 Å². The fourth-order valence-corrected chi connectivity index (χ4v) is 3.02. The van der Waals surface area contributed by atoms with Gasteiger partial charge in [-0.3, -0.25) is 4.90 Å². The van der Waals surface area contributed by atoms with Gasteiger partial charge in [0.15, 0.2) is 10.6 Å². The Morgan fingerprint density at radius 2 is 1.81 bits per heavy atom. The van der Waals surface area contributed by atoms with Gasteiger partial charge in [0, 0.05) is 31.2 Å². The first-order chi connectivity index (χ1) is 9.81. The molecule has 0 saturated carbocycles. The van der Waals surface area contributed by atoms with E-state index in [0.717, 1.165) is 12.6 Å². The topological polar surface area (TPSA) is 24.0 Å². The smallest absolute Gasteiger partial charge is 0.178 e. The van der Waals surface area contributed by atoms with E-state index < -0.39 is 11.6 Å². The average molecular weight is 313 g/mol. The fraction of sp³-hybridized carbons (Fsp3) is 0.533. The number of benzene rings is 1. The predicted molar refractivity (Wildman–Crippen MR) is 84.0 cm³/mol. The molecule has 0 fully saturated rings. The Labute approximate surface area is 128 Å². The zero-order valence-corrected chi connectivity index (χ0v) is 13.6. The van der Waals surface area contributed by atoms with Crippen LogP contribution in [-0.2, 0) is 6.54 Å².